The van der Waals surface area contributed by atoms with Crippen LogP contribution in [0.2, 0.25) is 0 Å². The maximum atomic E-state index is 12.7. The van der Waals surface area contributed by atoms with Crippen LogP contribution in [0.1, 0.15) is 11.6 Å². The summed E-state index contributed by atoms with van der Waals surface area (Å²) < 4.78 is 34.5. The number of rotatable bonds is 4. The number of nitrogens with one attached hydrogen (secondary N) is 1. The summed E-state index contributed by atoms with van der Waals surface area (Å²) in [5.74, 6) is 1.32. The number of hydrogen-bond donors (Lipinski definition) is 1. The van der Waals surface area contributed by atoms with E-state index in [9.17, 15) is 8.42 Å². The van der Waals surface area contributed by atoms with Crippen LogP contribution in [0, 0.1) is 0 Å². The van der Waals surface area contributed by atoms with Gasteiger partial charge in [-0.15, -0.1) is 0 Å². The molecule has 114 valence electrons. The second-order valence-corrected chi connectivity index (χ2v) is 7.38. The Kier molecular flexibility index (Phi) is 3.91. The lowest BCUT2D eigenvalue weighted by Crippen LogP contribution is -2.38. The first kappa shape index (κ1) is 14.8. The van der Waals surface area contributed by atoms with E-state index in [1.807, 2.05) is 10.8 Å². The fourth-order valence-corrected chi connectivity index (χ4v) is 4.68. The van der Waals surface area contributed by atoms with Gasteiger partial charge in [0.15, 0.2) is 4.67 Å². The van der Waals surface area contributed by atoms with Crippen LogP contribution >= 0.6 is 15.9 Å². The highest BCUT2D eigenvalue weighted by Crippen LogP contribution is 2.30. The monoisotopic (exact) mass is 374 g/mol. The first-order valence-electron chi connectivity index (χ1n) is 6.45. The lowest BCUT2D eigenvalue weighted by molar-refractivity contribution is 0.334. The third kappa shape index (κ3) is 2.66. The topological polar surface area (TPSA) is 80.4 Å². The number of halogens is 1. The molecule has 3 heterocycles. The van der Waals surface area contributed by atoms with Gasteiger partial charge >= 0.3 is 0 Å². The molecule has 0 saturated heterocycles. The second kappa shape index (κ2) is 5.56. The molecule has 3 rings (SSSR count). The van der Waals surface area contributed by atoms with E-state index in [1.165, 1.54) is 4.31 Å². The fourth-order valence-electron chi connectivity index (χ4n) is 2.33. The molecule has 0 unspecified atom stereocenters. The van der Waals surface area contributed by atoms with E-state index in [2.05, 4.69) is 26.2 Å². The van der Waals surface area contributed by atoms with Crippen molar-refractivity contribution in [2.24, 2.45) is 0 Å². The van der Waals surface area contributed by atoms with E-state index in [0.717, 1.165) is 5.82 Å². The molecular weight excluding hydrogens is 360 g/mol. The molecule has 1 aliphatic rings. The normalized spacial score (nSPS) is 16.1. The molecule has 2 aromatic heterocycles. The summed E-state index contributed by atoms with van der Waals surface area (Å²) in [4.78, 5) is 4.34. The summed E-state index contributed by atoms with van der Waals surface area (Å²) in [5, 5.41) is 2.93. The zero-order chi connectivity index (χ0) is 15.0. The number of fused-ring (bicyclic) bond motifs is 1. The molecule has 0 atom stereocenters. The highest BCUT2D eigenvalue weighted by atomic mass is 79.9. The summed E-state index contributed by atoms with van der Waals surface area (Å²) in [5.41, 5.74) is 0. The molecule has 1 N–H and O–H groups in total. The van der Waals surface area contributed by atoms with Crippen LogP contribution in [0.4, 0.5) is 0 Å². The molecule has 7 nitrogen and oxygen atoms in total. The van der Waals surface area contributed by atoms with Crippen molar-refractivity contribution in [3.63, 3.8) is 0 Å². The summed E-state index contributed by atoms with van der Waals surface area (Å²) in [6.45, 7) is 1.77. The number of aromatic nitrogens is 2. The first-order valence-corrected chi connectivity index (χ1v) is 8.68. The van der Waals surface area contributed by atoms with Crippen molar-refractivity contribution in [3.05, 3.63) is 34.7 Å². The standard InChI is InChI=1S/C12H15BrN4O3S/c1-14-7-9-6-10(12(13)20-9)21(18,19)17-5-4-16-3-2-15-11(16)8-17/h2-3,6,14H,4-5,7-8H2,1H3. The van der Waals surface area contributed by atoms with Gasteiger partial charge in [-0.25, -0.2) is 13.4 Å². The van der Waals surface area contributed by atoms with Crippen molar-refractivity contribution >= 4 is 26.0 Å². The van der Waals surface area contributed by atoms with E-state index in [4.69, 9.17) is 4.42 Å². The molecule has 2 aromatic rings. The Morgan fingerprint density at radius 3 is 3.05 bits per heavy atom. The Balaban J connectivity index is 1.91. The molecule has 21 heavy (non-hydrogen) atoms. The number of furan rings is 1. The van der Waals surface area contributed by atoms with Crippen molar-refractivity contribution in [3.8, 4) is 0 Å². The van der Waals surface area contributed by atoms with Crippen LogP contribution in [-0.4, -0.2) is 35.9 Å². The zero-order valence-corrected chi connectivity index (χ0v) is 13.8. The van der Waals surface area contributed by atoms with Gasteiger partial charge in [0.25, 0.3) is 0 Å². The Labute approximate surface area is 131 Å². The largest absolute Gasteiger partial charge is 0.452 e. The molecule has 1 aliphatic heterocycles. The van der Waals surface area contributed by atoms with Gasteiger partial charge in [0, 0.05) is 31.5 Å². The van der Waals surface area contributed by atoms with Crippen molar-refractivity contribution in [1.29, 1.82) is 0 Å². The van der Waals surface area contributed by atoms with Gasteiger partial charge in [-0.3, -0.25) is 0 Å². The zero-order valence-electron chi connectivity index (χ0n) is 11.4. The van der Waals surface area contributed by atoms with Crippen molar-refractivity contribution in [2.45, 2.75) is 24.5 Å². The van der Waals surface area contributed by atoms with Gasteiger partial charge < -0.3 is 14.3 Å². The number of sulfonamides is 1. The highest BCUT2D eigenvalue weighted by molar-refractivity contribution is 9.10. The molecule has 0 fully saturated rings. The lowest BCUT2D eigenvalue weighted by atomic mass is 10.4. The van der Waals surface area contributed by atoms with E-state index in [0.29, 0.717) is 25.4 Å². The third-order valence-electron chi connectivity index (χ3n) is 3.39. The fraction of sp³-hybridized carbons (Fsp3) is 0.417. The Bertz CT molecular complexity index is 752. The maximum Gasteiger partial charge on any atom is 0.247 e. The van der Waals surface area contributed by atoms with E-state index >= 15 is 0 Å². The summed E-state index contributed by atoms with van der Waals surface area (Å²) in [6, 6.07) is 1.55. The van der Waals surface area contributed by atoms with E-state index < -0.39 is 10.0 Å². The summed E-state index contributed by atoms with van der Waals surface area (Å²) in [6.07, 6.45) is 3.54. The lowest BCUT2D eigenvalue weighted by Gasteiger charge is -2.26. The Morgan fingerprint density at radius 2 is 2.29 bits per heavy atom. The average Bonchev–Trinajstić information content (AvgIpc) is 3.04. The van der Waals surface area contributed by atoms with Crippen molar-refractivity contribution in [1.82, 2.24) is 19.2 Å². The highest BCUT2D eigenvalue weighted by Gasteiger charge is 2.32. The predicted molar refractivity (Wildman–Crippen MR) is 79.0 cm³/mol. The van der Waals surface area contributed by atoms with E-state index in [-0.39, 0.29) is 16.1 Å². The first-order chi connectivity index (χ1) is 10.0. The molecule has 0 radical (unpaired) electrons. The summed E-state index contributed by atoms with van der Waals surface area (Å²) in [7, 11) is -1.83. The third-order valence-corrected chi connectivity index (χ3v) is 6.09. The Hall–Kier alpha value is -1.16. The van der Waals surface area contributed by atoms with Crippen LogP contribution in [0.5, 0.6) is 0 Å². The Morgan fingerprint density at radius 1 is 1.48 bits per heavy atom. The number of hydrogen-bond acceptors (Lipinski definition) is 5. The molecular formula is C12H15BrN4O3S. The smallest absolute Gasteiger partial charge is 0.247 e. The predicted octanol–water partition coefficient (Wildman–Crippen LogP) is 1.16. The molecule has 0 spiro atoms. The minimum atomic E-state index is -3.60. The summed E-state index contributed by atoms with van der Waals surface area (Å²) >= 11 is 3.19. The maximum absolute atomic E-state index is 12.7. The van der Waals surface area contributed by atoms with Crippen molar-refractivity contribution in [2.75, 3.05) is 13.6 Å². The molecule has 0 aromatic carbocycles. The van der Waals surface area contributed by atoms with Crippen LogP contribution in [-0.2, 0) is 29.7 Å². The molecule has 0 bridgehead atoms. The minimum Gasteiger partial charge on any atom is -0.452 e. The number of imidazole rings is 1. The quantitative estimate of drug-likeness (QED) is 0.868. The van der Waals surface area contributed by atoms with Crippen LogP contribution < -0.4 is 5.32 Å². The van der Waals surface area contributed by atoms with Gasteiger partial charge in [0.05, 0.1) is 13.1 Å². The average molecular weight is 375 g/mol. The van der Waals surface area contributed by atoms with Crippen LogP contribution in [0.25, 0.3) is 0 Å². The van der Waals surface area contributed by atoms with Gasteiger partial charge in [-0.1, -0.05) is 0 Å². The van der Waals surface area contributed by atoms with Gasteiger partial charge in [0.2, 0.25) is 10.0 Å². The van der Waals surface area contributed by atoms with Gasteiger partial charge in [-0.2, -0.15) is 4.31 Å². The van der Waals surface area contributed by atoms with E-state index in [1.54, 1.807) is 19.3 Å². The van der Waals surface area contributed by atoms with Crippen LogP contribution in [0.15, 0.2) is 32.4 Å². The molecule has 0 saturated carbocycles. The molecule has 0 aliphatic carbocycles. The van der Waals surface area contributed by atoms with Gasteiger partial charge in [-0.05, 0) is 23.0 Å². The van der Waals surface area contributed by atoms with Gasteiger partial charge in [0.1, 0.15) is 16.5 Å². The van der Waals surface area contributed by atoms with Crippen LogP contribution in [0.3, 0.4) is 0 Å². The minimum absolute atomic E-state index is 0.160. The van der Waals surface area contributed by atoms with Crippen molar-refractivity contribution < 1.29 is 12.8 Å². The molecule has 0 amide bonds. The second-order valence-electron chi connectivity index (χ2n) is 4.76. The SMILES string of the molecule is CNCc1cc(S(=O)(=O)N2CCn3ccnc3C2)c(Br)o1. The molecule has 9 heteroatoms. The number of nitrogens with zero attached hydrogens (tertiary/aromatic N) is 3.